The SMILES string of the molecule is CC(C)(C)c1ccc(N(c2ccc(C(C)(C)C)cc2)c2ccc3c(c2)C(C)(C)c2cc(/C=C4\C(=O)c5cc6ccccc6cc5C4O)sc2-3)cc1. The Morgan fingerprint density at radius 3 is 1.78 bits per heavy atom. The van der Waals surface area contributed by atoms with E-state index in [2.05, 4.69) is 133 Å². The van der Waals surface area contributed by atoms with Gasteiger partial charge in [-0.1, -0.05) is 110 Å². The number of fused-ring (bicyclic) bond motifs is 5. The molecule has 0 aliphatic heterocycles. The van der Waals surface area contributed by atoms with Gasteiger partial charge in [0, 0.05) is 43.4 Å². The normalized spacial score (nSPS) is 17.2. The number of benzene rings is 5. The summed E-state index contributed by atoms with van der Waals surface area (Å²) in [7, 11) is 0. The molecule has 2 aliphatic rings. The van der Waals surface area contributed by atoms with Crippen LogP contribution < -0.4 is 4.90 Å². The zero-order valence-electron chi connectivity index (χ0n) is 30.8. The highest BCUT2D eigenvalue weighted by Gasteiger charge is 2.39. The third kappa shape index (κ3) is 5.57. The number of anilines is 3. The Kier molecular flexibility index (Phi) is 7.61. The fourth-order valence-corrected chi connectivity index (χ4v) is 9.08. The number of carbonyl (C=O) groups excluding carboxylic acids is 1. The number of hydrogen-bond acceptors (Lipinski definition) is 4. The van der Waals surface area contributed by atoms with Gasteiger partial charge in [0.1, 0.15) is 6.10 Å². The summed E-state index contributed by atoms with van der Waals surface area (Å²) < 4.78 is 0. The fourth-order valence-electron chi connectivity index (χ4n) is 7.77. The third-order valence-electron chi connectivity index (χ3n) is 10.9. The molecule has 6 aromatic rings. The number of hydrogen-bond donors (Lipinski definition) is 1. The van der Waals surface area contributed by atoms with Crippen molar-refractivity contribution in [3.05, 3.63) is 153 Å². The minimum atomic E-state index is -0.933. The van der Waals surface area contributed by atoms with E-state index in [0.717, 1.165) is 32.7 Å². The largest absolute Gasteiger partial charge is 0.383 e. The van der Waals surface area contributed by atoms with Gasteiger partial charge in [-0.2, -0.15) is 0 Å². The number of rotatable bonds is 4. The first-order chi connectivity index (χ1) is 24.1. The second kappa shape index (κ2) is 11.6. The van der Waals surface area contributed by atoms with E-state index in [0.29, 0.717) is 16.7 Å². The number of Topliss-reactive ketones (excluding diaryl/α,β-unsaturated/α-hetero) is 1. The van der Waals surface area contributed by atoms with Crippen molar-refractivity contribution in [3.8, 4) is 10.4 Å². The van der Waals surface area contributed by atoms with Gasteiger partial charge in [0.2, 0.25) is 0 Å². The summed E-state index contributed by atoms with van der Waals surface area (Å²) in [4.78, 5) is 18.2. The second-order valence-electron chi connectivity index (χ2n) is 16.8. The summed E-state index contributed by atoms with van der Waals surface area (Å²) in [6.45, 7) is 18.1. The molecule has 0 fully saturated rings. The molecule has 51 heavy (non-hydrogen) atoms. The highest BCUT2D eigenvalue weighted by Crippen LogP contribution is 2.54. The van der Waals surface area contributed by atoms with Crippen LogP contribution in [0, 0.1) is 0 Å². The molecule has 1 heterocycles. The lowest BCUT2D eigenvalue weighted by Crippen LogP contribution is -2.17. The average Bonchev–Trinajstić information content (AvgIpc) is 3.69. The Hall–Kier alpha value is -4.77. The maximum Gasteiger partial charge on any atom is 0.192 e. The van der Waals surface area contributed by atoms with Crippen molar-refractivity contribution < 1.29 is 9.90 Å². The van der Waals surface area contributed by atoms with Gasteiger partial charge in [0.15, 0.2) is 5.78 Å². The molecule has 2 aliphatic carbocycles. The highest BCUT2D eigenvalue weighted by molar-refractivity contribution is 7.16. The van der Waals surface area contributed by atoms with E-state index in [-0.39, 0.29) is 22.0 Å². The van der Waals surface area contributed by atoms with E-state index in [9.17, 15) is 9.90 Å². The van der Waals surface area contributed by atoms with E-state index in [4.69, 9.17) is 0 Å². The molecule has 1 aromatic heterocycles. The molecule has 0 saturated carbocycles. The van der Waals surface area contributed by atoms with Crippen LogP contribution in [0.25, 0.3) is 27.3 Å². The Morgan fingerprint density at radius 1 is 0.667 bits per heavy atom. The van der Waals surface area contributed by atoms with Crippen LogP contribution in [0.2, 0.25) is 0 Å². The predicted molar refractivity (Wildman–Crippen MR) is 215 cm³/mol. The first-order valence-corrected chi connectivity index (χ1v) is 18.7. The predicted octanol–water partition coefficient (Wildman–Crippen LogP) is 12.6. The number of carbonyl (C=O) groups is 1. The molecule has 5 aromatic carbocycles. The Labute approximate surface area is 305 Å². The fraction of sp³-hybridized carbons (Fsp3) is 0.255. The number of aliphatic hydroxyl groups excluding tert-OH is 1. The Morgan fingerprint density at radius 2 is 1.22 bits per heavy atom. The zero-order valence-corrected chi connectivity index (χ0v) is 31.6. The molecule has 0 saturated heterocycles. The molecule has 3 nitrogen and oxygen atoms in total. The van der Waals surface area contributed by atoms with Gasteiger partial charge in [0.25, 0.3) is 0 Å². The van der Waals surface area contributed by atoms with Crippen LogP contribution in [0.15, 0.2) is 115 Å². The van der Waals surface area contributed by atoms with Gasteiger partial charge >= 0.3 is 0 Å². The number of nitrogens with zero attached hydrogens (tertiary/aromatic N) is 1. The number of thiophene rings is 1. The standard InChI is InChI=1S/C47H45NO2S/c1-45(2,3)30-13-17-32(18-14-30)48(33-19-15-31(16-20-33)46(4,5)6)34-21-22-36-40(25-34)47(7,8)41-27-35(51-44(36)41)26-39-42(49)37-23-28-11-9-10-12-29(28)24-38(37)43(39)50/h9-27,42,49H,1-8H3/b39-26-. The molecular weight excluding hydrogens is 643 g/mol. The summed E-state index contributed by atoms with van der Waals surface area (Å²) in [5, 5.41) is 13.4. The van der Waals surface area contributed by atoms with Crippen molar-refractivity contribution in [2.75, 3.05) is 4.90 Å². The van der Waals surface area contributed by atoms with Crippen molar-refractivity contribution in [1.29, 1.82) is 0 Å². The second-order valence-corrected chi connectivity index (χ2v) is 17.9. The van der Waals surface area contributed by atoms with Crippen LogP contribution in [0.5, 0.6) is 0 Å². The number of ketones is 1. The van der Waals surface area contributed by atoms with Crippen LogP contribution in [-0.4, -0.2) is 10.9 Å². The van der Waals surface area contributed by atoms with Gasteiger partial charge < -0.3 is 10.0 Å². The van der Waals surface area contributed by atoms with E-state index in [1.54, 1.807) is 11.3 Å². The average molecular weight is 688 g/mol. The zero-order chi connectivity index (χ0) is 36.0. The van der Waals surface area contributed by atoms with Crippen LogP contribution in [0.1, 0.15) is 105 Å². The van der Waals surface area contributed by atoms with Crippen molar-refractivity contribution in [2.24, 2.45) is 0 Å². The molecule has 8 rings (SSSR count). The van der Waals surface area contributed by atoms with Crippen LogP contribution in [0.4, 0.5) is 17.1 Å². The molecule has 0 spiro atoms. The van der Waals surface area contributed by atoms with E-state index < -0.39 is 6.10 Å². The van der Waals surface area contributed by atoms with Crippen LogP contribution >= 0.6 is 11.3 Å². The van der Waals surface area contributed by atoms with Crippen molar-refractivity contribution in [3.63, 3.8) is 0 Å². The molecule has 1 N–H and O–H groups in total. The van der Waals surface area contributed by atoms with Crippen LogP contribution in [0.3, 0.4) is 0 Å². The maximum atomic E-state index is 13.6. The summed E-state index contributed by atoms with van der Waals surface area (Å²) in [6, 6.07) is 38.9. The van der Waals surface area contributed by atoms with Gasteiger partial charge in [-0.05, 0) is 116 Å². The summed E-state index contributed by atoms with van der Waals surface area (Å²) in [5.41, 5.74) is 11.4. The van der Waals surface area contributed by atoms with Gasteiger partial charge in [-0.3, -0.25) is 4.79 Å². The molecular formula is C47H45NO2S. The summed E-state index contributed by atoms with van der Waals surface area (Å²) in [6.07, 6.45) is 0.979. The first kappa shape index (κ1) is 33.4. The van der Waals surface area contributed by atoms with Crippen molar-refractivity contribution >= 4 is 51.0 Å². The summed E-state index contributed by atoms with van der Waals surface area (Å²) >= 11 is 1.70. The minimum Gasteiger partial charge on any atom is -0.383 e. The van der Waals surface area contributed by atoms with E-state index in [1.807, 2.05) is 42.5 Å². The summed E-state index contributed by atoms with van der Waals surface area (Å²) in [5.74, 6) is -0.0905. The van der Waals surface area contributed by atoms with E-state index >= 15 is 0 Å². The van der Waals surface area contributed by atoms with Crippen LogP contribution in [-0.2, 0) is 16.2 Å². The smallest absolute Gasteiger partial charge is 0.192 e. The monoisotopic (exact) mass is 687 g/mol. The molecule has 0 bridgehead atoms. The van der Waals surface area contributed by atoms with Gasteiger partial charge in [-0.15, -0.1) is 11.3 Å². The molecule has 256 valence electrons. The molecule has 0 amide bonds. The number of aliphatic hydroxyl groups is 1. The maximum absolute atomic E-state index is 13.6. The Balaban J connectivity index is 1.17. The highest BCUT2D eigenvalue weighted by atomic mass is 32.1. The van der Waals surface area contributed by atoms with E-state index in [1.165, 1.54) is 32.7 Å². The molecule has 1 atom stereocenters. The van der Waals surface area contributed by atoms with Gasteiger partial charge in [-0.25, -0.2) is 0 Å². The molecule has 1 unspecified atom stereocenters. The van der Waals surface area contributed by atoms with Crippen molar-refractivity contribution in [2.45, 2.75) is 77.7 Å². The molecule has 0 radical (unpaired) electrons. The lowest BCUT2D eigenvalue weighted by Gasteiger charge is -2.29. The Bertz CT molecular complexity index is 2320. The lowest BCUT2D eigenvalue weighted by atomic mass is 9.82. The first-order valence-electron chi connectivity index (χ1n) is 17.9. The van der Waals surface area contributed by atoms with Crippen molar-refractivity contribution in [1.82, 2.24) is 0 Å². The topological polar surface area (TPSA) is 40.5 Å². The molecule has 4 heteroatoms. The minimum absolute atomic E-state index is 0.0727. The van der Waals surface area contributed by atoms with Gasteiger partial charge in [0.05, 0.1) is 0 Å². The third-order valence-corrected chi connectivity index (χ3v) is 12.0. The lowest BCUT2D eigenvalue weighted by molar-refractivity contribution is 0.102. The quantitative estimate of drug-likeness (QED) is 0.188.